The average molecular weight is 240 g/mol. The first kappa shape index (κ1) is 12.5. The quantitative estimate of drug-likeness (QED) is 0.638. The summed E-state index contributed by atoms with van der Waals surface area (Å²) in [5, 5.41) is 0. The first-order valence-corrected chi connectivity index (χ1v) is 4.00. The van der Waals surface area contributed by atoms with E-state index in [1.807, 2.05) is 0 Å². The van der Waals surface area contributed by atoms with Crippen molar-refractivity contribution in [1.29, 1.82) is 0 Å². The maximum atomic E-state index is 13.3. The van der Waals surface area contributed by atoms with Crippen LogP contribution >= 0.6 is 0 Å². The van der Waals surface area contributed by atoms with Gasteiger partial charge in [-0.15, -0.1) is 0 Å². The molecule has 90 valence electrons. The van der Waals surface area contributed by atoms with Gasteiger partial charge in [0.2, 0.25) is 0 Å². The second kappa shape index (κ2) is 2.99. The lowest BCUT2D eigenvalue weighted by atomic mass is 9.87. The van der Waals surface area contributed by atoms with Crippen LogP contribution in [0.3, 0.4) is 0 Å². The minimum atomic E-state index is -5.51. The van der Waals surface area contributed by atoms with Crippen molar-refractivity contribution >= 4 is 0 Å². The minimum absolute atomic E-state index is 0.783. The molecule has 1 heterocycles. The molecule has 1 aliphatic heterocycles. The molecular formula is C7H7F7O. The van der Waals surface area contributed by atoms with Crippen molar-refractivity contribution in [1.82, 2.24) is 0 Å². The van der Waals surface area contributed by atoms with E-state index in [-0.39, 0.29) is 0 Å². The summed E-state index contributed by atoms with van der Waals surface area (Å²) < 4.78 is 91.3. The Labute approximate surface area is 80.2 Å². The van der Waals surface area contributed by atoms with Crippen LogP contribution < -0.4 is 0 Å². The average Bonchev–Trinajstić information content (AvgIpc) is 1.98. The molecule has 0 radical (unpaired) electrons. The minimum Gasteiger partial charge on any atom is -0.250 e. The molecule has 1 unspecified atom stereocenters. The van der Waals surface area contributed by atoms with Gasteiger partial charge in [-0.2, -0.15) is 26.3 Å². The van der Waals surface area contributed by atoms with E-state index in [0.29, 0.717) is 0 Å². The van der Waals surface area contributed by atoms with Crippen LogP contribution in [0.1, 0.15) is 19.8 Å². The number of rotatable bonds is 1. The molecule has 1 nitrogen and oxygen atoms in total. The monoisotopic (exact) mass is 240 g/mol. The molecule has 1 aliphatic rings. The van der Waals surface area contributed by atoms with E-state index in [9.17, 15) is 30.7 Å². The van der Waals surface area contributed by atoms with Gasteiger partial charge < -0.3 is 0 Å². The van der Waals surface area contributed by atoms with Crippen molar-refractivity contribution in [3.63, 3.8) is 0 Å². The molecule has 1 saturated heterocycles. The third kappa shape index (κ3) is 1.68. The van der Waals surface area contributed by atoms with Crippen LogP contribution in [-0.4, -0.2) is 23.8 Å². The van der Waals surface area contributed by atoms with Gasteiger partial charge in [-0.05, 0) is 6.42 Å². The van der Waals surface area contributed by atoms with E-state index < -0.39 is 36.7 Å². The molecule has 0 N–H and O–H groups in total. The smallest absolute Gasteiger partial charge is 0.250 e. The van der Waals surface area contributed by atoms with Crippen LogP contribution in [0, 0.1) is 0 Å². The fraction of sp³-hybridized carbons (Fsp3) is 1.00. The molecule has 0 bridgehead atoms. The molecule has 0 aromatic rings. The van der Waals surface area contributed by atoms with Gasteiger partial charge >= 0.3 is 18.1 Å². The van der Waals surface area contributed by atoms with E-state index in [2.05, 4.69) is 4.74 Å². The number of hydrogen-bond acceptors (Lipinski definition) is 1. The van der Waals surface area contributed by atoms with Crippen molar-refractivity contribution in [2.45, 2.75) is 43.6 Å². The summed E-state index contributed by atoms with van der Waals surface area (Å²) in [5.41, 5.74) is -3.97. The first-order chi connectivity index (χ1) is 6.47. The van der Waals surface area contributed by atoms with Crippen molar-refractivity contribution in [2.75, 3.05) is 0 Å². The van der Waals surface area contributed by atoms with Crippen molar-refractivity contribution in [2.24, 2.45) is 0 Å². The lowest BCUT2D eigenvalue weighted by Crippen LogP contribution is -2.65. The highest BCUT2D eigenvalue weighted by Gasteiger charge is 2.78. The molecule has 0 aromatic heterocycles. The van der Waals surface area contributed by atoms with Gasteiger partial charge in [0.05, 0.1) is 6.42 Å². The predicted molar refractivity (Wildman–Crippen MR) is 34.7 cm³/mol. The zero-order chi connectivity index (χ0) is 12.1. The predicted octanol–water partition coefficient (Wildman–Crippen LogP) is 3.35. The molecule has 0 amide bonds. The van der Waals surface area contributed by atoms with Crippen LogP contribution in [0.2, 0.25) is 0 Å². The Morgan fingerprint density at radius 1 is 1.00 bits per heavy atom. The standard InChI is InChI=1S/C7H7F7O/c1-2-4(8)3-5(9,10)15-7(13,14)6(4,11)12/h2-3H2,1H3. The van der Waals surface area contributed by atoms with Gasteiger partial charge in [-0.1, -0.05) is 6.92 Å². The maximum Gasteiger partial charge on any atom is 0.427 e. The molecule has 0 aliphatic carbocycles. The summed E-state index contributed by atoms with van der Waals surface area (Å²) in [6.45, 7) is 0.783. The van der Waals surface area contributed by atoms with E-state index in [0.717, 1.165) is 6.92 Å². The maximum absolute atomic E-state index is 13.3. The SMILES string of the molecule is CCC1(F)CC(F)(F)OC(F)(F)C1(F)F. The van der Waals surface area contributed by atoms with Crippen LogP contribution in [-0.2, 0) is 4.74 Å². The Kier molecular flexibility index (Phi) is 2.50. The van der Waals surface area contributed by atoms with Gasteiger partial charge in [-0.25, -0.2) is 4.39 Å². The van der Waals surface area contributed by atoms with Crippen molar-refractivity contribution in [3.8, 4) is 0 Å². The number of hydrogen-bond donors (Lipinski definition) is 0. The second-order valence-corrected chi connectivity index (χ2v) is 3.33. The lowest BCUT2D eigenvalue weighted by Gasteiger charge is -2.43. The molecule has 1 fully saturated rings. The molecule has 1 rings (SSSR count). The molecule has 1 atom stereocenters. The Bertz CT molecular complexity index is 264. The van der Waals surface area contributed by atoms with E-state index in [1.54, 1.807) is 0 Å². The molecule has 0 saturated carbocycles. The first-order valence-electron chi connectivity index (χ1n) is 4.00. The third-order valence-electron chi connectivity index (χ3n) is 2.25. The van der Waals surface area contributed by atoms with Crippen molar-refractivity contribution < 1.29 is 35.5 Å². The van der Waals surface area contributed by atoms with Gasteiger partial charge in [0.1, 0.15) is 0 Å². The fourth-order valence-corrected chi connectivity index (χ4v) is 1.33. The van der Waals surface area contributed by atoms with Crippen LogP contribution in [0.5, 0.6) is 0 Å². The Hall–Kier alpha value is -0.530. The second-order valence-electron chi connectivity index (χ2n) is 3.33. The zero-order valence-electron chi connectivity index (χ0n) is 7.47. The summed E-state index contributed by atoms with van der Waals surface area (Å²) in [6, 6.07) is 0. The van der Waals surface area contributed by atoms with Gasteiger partial charge in [0.25, 0.3) is 0 Å². The molecule has 8 heteroatoms. The summed E-state index contributed by atoms with van der Waals surface area (Å²) >= 11 is 0. The summed E-state index contributed by atoms with van der Waals surface area (Å²) in [4.78, 5) is 0. The van der Waals surface area contributed by atoms with Crippen LogP contribution in [0.15, 0.2) is 0 Å². The third-order valence-corrected chi connectivity index (χ3v) is 2.25. The van der Waals surface area contributed by atoms with Crippen LogP contribution in [0.25, 0.3) is 0 Å². The number of halogens is 7. The van der Waals surface area contributed by atoms with Crippen molar-refractivity contribution in [3.05, 3.63) is 0 Å². The van der Waals surface area contributed by atoms with E-state index in [4.69, 9.17) is 0 Å². The number of alkyl halides is 7. The normalized spacial score (nSPS) is 37.6. The molecule has 15 heavy (non-hydrogen) atoms. The van der Waals surface area contributed by atoms with E-state index >= 15 is 0 Å². The van der Waals surface area contributed by atoms with Crippen LogP contribution in [0.4, 0.5) is 30.7 Å². The molecule has 0 aromatic carbocycles. The largest absolute Gasteiger partial charge is 0.427 e. The fourth-order valence-electron chi connectivity index (χ4n) is 1.33. The molecule has 0 spiro atoms. The zero-order valence-corrected chi connectivity index (χ0v) is 7.47. The highest BCUT2D eigenvalue weighted by molar-refractivity contribution is 5.03. The summed E-state index contributed by atoms with van der Waals surface area (Å²) in [5.74, 6) is -5.27. The highest BCUT2D eigenvalue weighted by atomic mass is 19.3. The van der Waals surface area contributed by atoms with Gasteiger partial charge in [0, 0.05) is 0 Å². The van der Waals surface area contributed by atoms with Gasteiger partial charge in [-0.3, -0.25) is 4.74 Å². The molecular weight excluding hydrogens is 233 g/mol. The lowest BCUT2D eigenvalue weighted by molar-refractivity contribution is -0.486. The summed E-state index contributed by atoms with van der Waals surface area (Å²) in [6.07, 6.45) is -13.4. The summed E-state index contributed by atoms with van der Waals surface area (Å²) in [7, 11) is 0. The highest BCUT2D eigenvalue weighted by Crippen LogP contribution is 2.56. The van der Waals surface area contributed by atoms with E-state index in [1.165, 1.54) is 0 Å². The Morgan fingerprint density at radius 2 is 1.47 bits per heavy atom. The Morgan fingerprint density at radius 3 is 1.87 bits per heavy atom. The number of ether oxygens (including phenoxy) is 1. The Balaban J connectivity index is 3.18. The van der Waals surface area contributed by atoms with Gasteiger partial charge in [0.15, 0.2) is 5.67 Å². The topological polar surface area (TPSA) is 9.23 Å².